The molecule has 5 heteroatoms. The maximum absolute atomic E-state index is 11.4. The maximum atomic E-state index is 11.4. The van der Waals surface area contributed by atoms with Crippen LogP contribution in [0.15, 0.2) is 55.1 Å². The third-order valence-corrected chi connectivity index (χ3v) is 4.53. The lowest BCUT2D eigenvalue weighted by Gasteiger charge is -2.11. The molecule has 31 heavy (non-hydrogen) atoms. The molecule has 1 heterocycles. The van der Waals surface area contributed by atoms with E-state index in [1.165, 1.54) is 0 Å². The lowest BCUT2D eigenvalue weighted by molar-refractivity contribution is 0.111. The Hall–Kier alpha value is -2.90. The van der Waals surface area contributed by atoms with Crippen LogP contribution in [-0.2, 0) is 13.0 Å². The summed E-state index contributed by atoms with van der Waals surface area (Å²) >= 11 is 6.13. The number of carbonyl (C=O) groups is 1. The Kier molecular flexibility index (Phi) is 14.4. The predicted molar refractivity (Wildman–Crippen MR) is 132 cm³/mol. The second kappa shape index (κ2) is 15.9. The average molecular weight is 440 g/mol. The predicted octanol–water partition coefficient (Wildman–Crippen LogP) is 7.44. The van der Waals surface area contributed by atoms with Crippen LogP contribution >= 0.6 is 11.6 Å². The van der Waals surface area contributed by atoms with Gasteiger partial charge in [-0.15, -0.1) is 0 Å². The van der Waals surface area contributed by atoms with Crippen molar-refractivity contribution >= 4 is 23.5 Å². The SMILES string of the molecule is C=C/C=C(\C(=C)C#N)c1ccc(Cn2c(CCCC)nc(Cl)c2C=O)cc1.CC.CC. The van der Waals surface area contributed by atoms with Crippen LogP contribution in [-0.4, -0.2) is 15.8 Å². The van der Waals surface area contributed by atoms with Gasteiger partial charge in [-0.25, -0.2) is 4.98 Å². The molecule has 1 aromatic heterocycles. The first-order valence-corrected chi connectivity index (χ1v) is 11.1. The fourth-order valence-electron chi connectivity index (χ4n) is 2.82. The monoisotopic (exact) mass is 439 g/mol. The Morgan fingerprint density at radius 3 is 2.32 bits per heavy atom. The van der Waals surface area contributed by atoms with Gasteiger partial charge in [-0.1, -0.05) is 102 Å². The molecule has 2 aromatic rings. The number of aromatic nitrogens is 2. The van der Waals surface area contributed by atoms with E-state index in [2.05, 4.69) is 31.1 Å². The molecule has 0 radical (unpaired) electrons. The van der Waals surface area contributed by atoms with Crippen molar-refractivity contribution in [1.29, 1.82) is 5.26 Å². The summed E-state index contributed by atoms with van der Waals surface area (Å²) in [5, 5.41) is 9.37. The van der Waals surface area contributed by atoms with Crippen molar-refractivity contribution in [2.75, 3.05) is 0 Å². The van der Waals surface area contributed by atoms with Gasteiger partial charge in [0.25, 0.3) is 0 Å². The molecule has 0 unspecified atom stereocenters. The van der Waals surface area contributed by atoms with Crippen molar-refractivity contribution in [2.45, 2.75) is 60.4 Å². The van der Waals surface area contributed by atoms with E-state index < -0.39 is 0 Å². The largest absolute Gasteiger partial charge is 0.320 e. The fourth-order valence-corrected chi connectivity index (χ4v) is 3.06. The van der Waals surface area contributed by atoms with E-state index in [1.54, 1.807) is 12.2 Å². The molecule has 0 saturated heterocycles. The number of hydrogen-bond donors (Lipinski definition) is 0. The fraction of sp³-hybridized carbons (Fsp3) is 0.346. The van der Waals surface area contributed by atoms with Crippen LogP contribution in [0.3, 0.4) is 0 Å². The second-order valence-electron chi connectivity index (χ2n) is 6.11. The second-order valence-corrected chi connectivity index (χ2v) is 6.47. The summed E-state index contributed by atoms with van der Waals surface area (Å²) in [6.45, 7) is 18.1. The van der Waals surface area contributed by atoms with Crippen LogP contribution in [0, 0.1) is 11.3 Å². The van der Waals surface area contributed by atoms with Gasteiger partial charge in [0.1, 0.15) is 11.5 Å². The minimum Gasteiger partial charge on any atom is -0.320 e. The van der Waals surface area contributed by atoms with E-state index in [-0.39, 0.29) is 5.15 Å². The minimum absolute atomic E-state index is 0.245. The Morgan fingerprint density at radius 1 is 1.23 bits per heavy atom. The first kappa shape index (κ1) is 28.1. The number of unbranched alkanes of at least 4 members (excludes halogenated alkanes) is 1. The van der Waals surface area contributed by atoms with Gasteiger partial charge in [-0.2, -0.15) is 5.26 Å². The van der Waals surface area contributed by atoms with Crippen LogP contribution < -0.4 is 0 Å². The molecule has 166 valence electrons. The summed E-state index contributed by atoms with van der Waals surface area (Å²) in [5.41, 5.74) is 3.41. The molecule has 0 saturated carbocycles. The lowest BCUT2D eigenvalue weighted by atomic mass is 9.98. The minimum atomic E-state index is 0.245. The number of nitrogens with zero attached hydrogens (tertiary/aromatic N) is 3. The molecular formula is C26H34ClN3O. The quantitative estimate of drug-likeness (QED) is 0.231. The molecule has 4 nitrogen and oxygen atoms in total. The Morgan fingerprint density at radius 2 is 1.84 bits per heavy atom. The summed E-state index contributed by atoms with van der Waals surface area (Å²) < 4.78 is 1.87. The van der Waals surface area contributed by atoms with Crippen molar-refractivity contribution in [3.05, 3.63) is 82.9 Å². The topological polar surface area (TPSA) is 58.7 Å². The third kappa shape index (κ3) is 8.03. The van der Waals surface area contributed by atoms with Crippen LogP contribution in [0.5, 0.6) is 0 Å². The molecule has 0 N–H and O–H groups in total. The summed E-state index contributed by atoms with van der Waals surface area (Å²) in [4.78, 5) is 15.8. The van der Waals surface area contributed by atoms with Crippen molar-refractivity contribution in [3.8, 4) is 6.07 Å². The Bertz CT molecular complexity index is 915. The number of aldehydes is 1. The number of aryl methyl sites for hydroxylation is 1. The molecule has 1 aromatic carbocycles. The van der Waals surface area contributed by atoms with Gasteiger partial charge >= 0.3 is 0 Å². The maximum Gasteiger partial charge on any atom is 0.169 e. The average Bonchev–Trinajstić information content (AvgIpc) is 3.12. The number of halogens is 1. The normalized spacial score (nSPS) is 10.0. The Balaban J connectivity index is 0.00000212. The molecule has 0 atom stereocenters. The highest BCUT2D eigenvalue weighted by molar-refractivity contribution is 6.31. The summed E-state index contributed by atoms with van der Waals surface area (Å²) in [6.07, 6.45) is 6.95. The number of hydrogen-bond acceptors (Lipinski definition) is 3. The highest BCUT2D eigenvalue weighted by Gasteiger charge is 2.15. The van der Waals surface area contributed by atoms with Gasteiger partial charge in [0.2, 0.25) is 0 Å². The first-order chi connectivity index (χ1) is 15.0. The van der Waals surface area contributed by atoms with Gasteiger partial charge in [-0.3, -0.25) is 4.79 Å². The number of imidazole rings is 1. The third-order valence-electron chi connectivity index (χ3n) is 4.26. The molecule has 0 aliphatic rings. The van der Waals surface area contributed by atoms with E-state index in [9.17, 15) is 4.79 Å². The van der Waals surface area contributed by atoms with Crippen molar-refractivity contribution in [2.24, 2.45) is 0 Å². The van der Waals surface area contributed by atoms with Gasteiger partial charge < -0.3 is 4.57 Å². The first-order valence-electron chi connectivity index (χ1n) is 10.8. The van der Waals surface area contributed by atoms with E-state index >= 15 is 0 Å². The zero-order chi connectivity index (χ0) is 23.8. The van der Waals surface area contributed by atoms with Gasteiger partial charge in [0.15, 0.2) is 11.4 Å². The number of nitriles is 1. The highest BCUT2D eigenvalue weighted by atomic mass is 35.5. The van der Waals surface area contributed by atoms with Crippen LogP contribution in [0.25, 0.3) is 5.57 Å². The summed E-state index contributed by atoms with van der Waals surface area (Å²) in [6, 6.07) is 9.85. The van der Waals surface area contributed by atoms with Gasteiger partial charge in [-0.05, 0) is 23.1 Å². The van der Waals surface area contributed by atoms with E-state index in [4.69, 9.17) is 16.9 Å². The molecule has 0 fully saturated rings. The van der Waals surface area contributed by atoms with E-state index in [1.807, 2.05) is 56.5 Å². The smallest absolute Gasteiger partial charge is 0.169 e. The van der Waals surface area contributed by atoms with Crippen LogP contribution in [0.1, 0.15) is 74.9 Å². The van der Waals surface area contributed by atoms with Crippen molar-refractivity contribution in [1.82, 2.24) is 9.55 Å². The number of rotatable bonds is 9. The van der Waals surface area contributed by atoms with Crippen molar-refractivity contribution in [3.63, 3.8) is 0 Å². The summed E-state index contributed by atoms with van der Waals surface area (Å²) in [7, 11) is 0. The number of benzene rings is 1. The molecule has 2 rings (SSSR count). The molecule has 0 aliphatic heterocycles. The van der Waals surface area contributed by atoms with Crippen LogP contribution in [0.4, 0.5) is 0 Å². The number of allylic oxidation sites excluding steroid dienone is 4. The molecular weight excluding hydrogens is 406 g/mol. The van der Waals surface area contributed by atoms with Crippen molar-refractivity contribution < 1.29 is 4.79 Å². The van der Waals surface area contributed by atoms with E-state index in [0.717, 1.165) is 48.1 Å². The highest BCUT2D eigenvalue weighted by Crippen LogP contribution is 2.24. The number of carbonyl (C=O) groups excluding carboxylic acids is 1. The lowest BCUT2D eigenvalue weighted by Crippen LogP contribution is -2.09. The standard InChI is InChI=1S/C22H22ClN3O.2C2H6/c1-4-6-8-21-25-22(23)20(15-27)26(21)14-17-9-11-18(12-10-17)19(7-5-2)16(3)13-24;2*1-2/h5,7,9-12,15H,2-4,6,8,14H2,1H3;2*1-2H3/b19-7+;;. The van der Waals surface area contributed by atoms with E-state index in [0.29, 0.717) is 17.8 Å². The molecule has 0 bridgehead atoms. The van der Waals surface area contributed by atoms with Gasteiger partial charge in [0, 0.05) is 13.0 Å². The zero-order valence-electron chi connectivity index (χ0n) is 19.4. The Labute approximate surface area is 192 Å². The molecule has 0 aliphatic carbocycles. The van der Waals surface area contributed by atoms with Gasteiger partial charge in [0.05, 0.1) is 11.6 Å². The molecule has 0 amide bonds. The summed E-state index contributed by atoms with van der Waals surface area (Å²) in [5.74, 6) is 0.818. The van der Waals surface area contributed by atoms with Crippen LogP contribution in [0.2, 0.25) is 5.15 Å². The zero-order valence-corrected chi connectivity index (χ0v) is 20.2. The molecule has 0 spiro atoms.